The molecule has 0 saturated heterocycles. The molecule has 0 aliphatic heterocycles. The smallest absolute Gasteiger partial charge is 0.174 e. The van der Waals surface area contributed by atoms with Crippen LogP contribution >= 0.6 is 0 Å². The van der Waals surface area contributed by atoms with Gasteiger partial charge in [-0.2, -0.15) is 0 Å². The Balaban J connectivity index is 2.55. The number of anilines is 1. The predicted octanol–water partition coefficient (Wildman–Crippen LogP) is 0.861. The van der Waals surface area contributed by atoms with Gasteiger partial charge in [0.05, 0.1) is 5.69 Å². The lowest BCUT2D eigenvalue weighted by molar-refractivity contribution is 0.827. The number of hydrogen-bond acceptors (Lipinski definition) is 4. The third kappa shape index (κ3) is 1.32. The second-order valence-electron chi connectivity index (χ2n) is 3.11. The number of aromatic nitrogens is 4. The zero-order valence-electron chi connectivity index (χ0n) is 8.10. The third-order valence-corrected chi connectivity index (χ3v) is 2.01. The number of nitrogens with two attached hydrogens (primary N) is 1. The highest BCUT2D eigenvalue weighted by atomic mass is 15.3. The minimum Gasteiger partial charge on any atom is -0.382 e. The van der Waals surface area contributed by atoms with E-state index in [0.717, 1.165) is 11.3 Å². The Bertz CT molecular complexity index is 440. The molecule has 2 aromatic rings. The van der Waals surface area contributed by atoms with Gasteiger partial charge in [0.15, 0.2) is 5.82 Å². The van der Waals surface area contributed by atoms with E-state index in [9.17, 15) is 0 Å². The van der Waals surface area contributed by atoms with Gasteiger partial charge in [0.2, 0.25) is 0 Å². The fourth-order valence-electron chi connectivity index (χ4n) is 1.21. The Morgan fingerprint density at radius 3 is 2.50 bits per heavy atom. The lowest BCUT2D eigenvalue weighted by atomic mass is 10.4. The molecular formula is C9H11N5. The quantitative estimate of drug-likeness (QED) is 0.722. The number of nitrogens with zero attached hydrogens (tertiary/aromatic N) is 4. The molecule has 0 amide bonds. The Labute approximate surface area is 81.6 Å². The first-order valence-corrected chi connectivity index (χ1v) is 4.28. The highest BCUT2D eigenvalue weighted by Gasteiger charge is 2.06. The third-order valence-electron chi connectivity index (χ3n) is 2.01. The van der Waals surface area contributed by atoms with E-state index in [4.69, 9.17) is 5.73 Å². The maximum atomic E-state index is 5.65. The second kappa shape index (κ2) is 3.10. The summed E-state index contributed by atoms with van der Waals surface area (Å²) in [4.78, 5) is 8.32. The van der Waals surface area contributed by atoms with Crippen LogP contribution in [0.2, 0.25) is 0 Å². The monoisotopic (exact) mass is 189 g/mol. The molecule has 0 saturated carbocycles. The van der Waals surface area contributed by atoms with Crippen LogP contribution in [0.5, 0.6) is 0 Å². The summed E-state index contributed by atoms with van der Waals surface area (Å²) in [6, 6.07) is 0. The van der Waals surface area contributed by atoms with Crippen LogP contribution in [0.4, 0.5) is 5.82 Å². The van der Waals surface area contributed by atoms with Gasteiger partial charge in [-0.25, -0.2) is 9.67 Å². The van der Waals surface area contributed by atoms with Crippen molar-refractivity contribution in [1.82, 2.24) is 19.7 Å². The van der Waals surface area contributed by atoms with Gasteiger partial charge >= 0.3 is 0 Å². The van der Waals surface area contributed by atoms with Crippen molar-refractivity contribution < 1.29 is 0 Å². The molecule has 2 aromatic heterocycles. The molecule has 5 heteroatoms. The molecule has 0 aliphatic rings. The van der Waals surface area contributed by atoms with E-state index >= 15 is 0 Å². The molecule has 14 heavy (non-hydrogen) atoms. The minimum absolute atomic E-state index is 0.523. The van der Waals surface area contributed by atoms with Gasteiger partial charge in [0, 0.05) is 24.2 Å². The molecule has 0 bridgehead atoms. The van der Waals surface area contributed by atoms with E-state index in [2.05, 4.69) is 15.1 Å². The van der Waals surface area contributed by atoms with E-state index in [0.29, 0.717) is 11.6 Å². The molecule has 0 radical (unpaired) electrons. The first-order chi connectivity index (χ1) is 6.68. The summed E-state index contributed by atoms with van der Waals surface area (Å²) in [5.74, 6) is 1.24. The summed E-state index contributed by atoms with van der Waals surface area (Å²) in [5.41, 5.74) is 7.42. The number of aryl methyl sites for hydroxylation is 2. The normalized spacial score (nSPS) is 10.4. The van der Waals surface area contributed by atoms with Crippen LogP contribution in [0.3, 0.4) is 0 Å². The standard InChI is InChI=1S/C9H11N5/c1-6-5-14(13-8(6)10)9-7(2)11-3-4-12-9/h3-5H,1-2H3,(H2,10,13). The average molecular weight is 189 g/mol. The Hall–Kier alpha value is -1.91. The molecule has 72 valence electrons. The summed E-state index contributed by atoms with van der Waals surface area (Å²) in [5, 5.41) is 4.13. The SMILES string of the molecule is Cc1cn(-c2nccnc2C)nc1N. The maximum absolute atomic E-state index is 5.65. The van der Waals surface area contributed by atoms with Gasteiger partial charge in [-0.1, -0.05) is 0 Å². The van der Waals surface area contributed by atoms with Crippen molar-refractivity contribution in [2.24, 2.45) is 0 Å². The van der Waals surface area contributed by atoms with Crippen LogP contribution in [0.25, 0.3) is 5.82 Å². The first kappa shape index (κ1) is 8.68. The summed E-state index contributed by atoms with van der Waals surface area (Å²) in [6.45, 7) is 3.79. The second-order valence-corrected chi connectivity index (χ2v) is 3.11. The van der Waals surface area contributed by atoms with Crippen molar-refractivity contribution in [3.63, 3.8) is 0 Å². The molecule has 2 rings (SSSR count). The molecule has 0 atom stereocenters. The van der Waals surface area contributed by atoms with Crippen molar-refractivity contribution in [2.75, 3.05) is 5.73 Å². The van der Waals surface area contributed by atoms with Crippen LogP contribution < -0.4 is 5.73 Å². The molecular weight excluding hydrogens is 178 g/mol. The molecule has 2 N–H and O–H groups in total. The number of nitrogen functional groups attached to an aromatic ring is 1. The van der Waals surface area contributed by atoms with E-state index in [1.54, 1.807) is 17.1 Å². The van der Waals surface area contributed by atoms with Crippen molar-refractivity contribution in [3.8, 4) is 5.82 Å². The zero-order valence-corrected chi connectivity index (χ0v) is 8.10. The van der Waals surface area contributed by atoms with E-state index < -0.39 is 0 Å². The zero-order chi connectivity index (χ0) is 10.1. The van der Waals surface area contributed by atoms with E-state index in [1.807, 2.05) is 20.0 Å². The average Bonchev–Trinajstić information content (AvgIpc) is 2.48. The van der Waals surface area contributed by atoms with Gasteiger partial charge in [-0.3, -0.25) is 4.98 Å². The lowest BCUT2D eigenvalue weighted by Crippen LogP contribution is -2.02. The molecule has 0 fully saturated rings. The minimum atomic E-state index is 0.523. The van der Waals surface area contributed by atoms with Gasteiger partial charge in [-0.05, 0) is 13.8 Å². The number of rotatable bonds is 1. The molecule has 0 aliphatic carbocycles. The highest BCUT2D eigenvalue weighted by molar-refractivity contribution is 5.39. The summed E-state index contributed by atoms with van der Waals surface area (Å²) >= 11 is 0. The van der Waals surface area contributed by atoms with Crippen molar-refractivity contribution in [2.45, 2.75) is 13.8 Å². The Kier molecular flexibility index (Phi) is 1.92. The van der Waals surface area contributed by atoms with Crippen molar-refractivity contribution in [3.05, 3.63) is 29.8 Å². The van der Waals surface area contributed by atoms with E-state index in [1.165, 1.54) is 0 Å². The molecule has 0 spiro atoms. The van der Waals surface area contributed by atoms with Crippen LogP contribution in [-0.4, -0.2) is 19.7 Å². The summed E-state index contributed by atoms with van der Waals surface area (Å²) in [6.07, 6.45) is 5.13. The number of hydrogen-bond donors (Lipinski definition) is 1. The summed E-state index contributed by atoms with van der Waals surface area (Å²) in [7, 11) is 0. The topological polar surface area (TPSA) is 69.6 Å². The van der Waals surface area contributed by atoms with Gasteiger partial charge in [-0.15, -0.1) is 5.10 Å². The van der Waals surface area contributed by atoms with Gasteiger partial charge in [0.1, 0.15) is 5.82 Å². The van der Waals surface area contributed by atoms with Crippen LogP contribution in [0.15, 0.2) is 18.6 Å². The maximum Gasteiger partial charge on any atom is 0.174 e. The molecule has 2 heterocycles. The predicted molar refractivity (Wildman–Crippen MR) is 53.0 cm³/mol. The van der Waals surface area contributed by atoms with Gasteiger partial charge in [0.25, 0.3) is 0 Å². The molecule has 0 unspecified atom stereocenters. The largest absolute Gasteiger partial charge is 0.382 e. The lowest BCUT2D eigenvalue weighted by Gasteiger charge is -2.01. The Morgan fingerprint density at radius 2 is 1.93 bits per heavy atom. The summed E-state index contributed by atoms with van der Waals surface area (Å²) < 4.78 is 1.65. The van der Waals surface area contributed by atoms with Crippen LogP contribution in [-0.2, 0) is 0 Å². The first-order valence-electron chi connectivity index (χ1n) is 4.28. The highest BCUT2D eigenvalue weighted by Crippen LogP contribution is 2.12. The van der Waals surface area contributed by atoms with Crippen LogP contribution in [0, 0.1) is 13.8 Å². The van der Waals surface area contributed by atoms with Crippen molar-refractivity contribution >= 4 is 5.82 Å². The van der Waals surface area contributed by atoms with Crippen molar-refractivity contribution in [1.29, 1.82) is 0 Å². The fourth-order valence-corrected chi connectivity index (χ4v) is 1.21. The molecule has 5 nitrogen and oxygen atoms in total. The Morgan fingerprint density at radius 1 is 1.21 bits per heavy atom. The van der Waals surface area contributed by atoms with Gasteiger partial charge < -0.3 is 5.73 Å². The molecule has 0 aromatic carbocycles. The van der Waals surface area contributed by atoms with Crippen LogP contribution in [0.1, 0.15) is 11.3 Å². The fraction of sp³-hybridized carbons (Fsp3) is 0.222. The van der Waals surface area contributed by atoms with E-state index in [-0.39, 0.29) is 0 Å².